The molecule has 1 aromatic rings. The fourth-order valence-electron chi connectivity index (χ4n) is 1.10. The minimum atomic E-state index is -5.30. The van der Waals surface area contributed by atoms with Crippen LogP contribution in [0.3, 0.4) is 0 Å². The summed E-state index contributed by atoms with van der Waals surface area (Å²) >= 11 is 0. The van der Waals surface area contributed by atoms with Crippen LogP contribution in [0.4, 0.5) is 27.6 Å². The molecule has 1 aromatic heterocycles. The van der Waals surface area contributed by atoms with E-state index in [1.165, 1.54) is 4.98 Å². The molecule has 0 aliphatic rings. The Balaban J connectivity index is 3.62. The van der Waals surface area contributed by atoms with E-state index in [0.29, 0.717) is 0 Å². The third kappa shape index (κ3) is 2.57. The van der Waals surface area contributed by atoms with Crippen molar-refractivity contribution in [2.45, 2.75) is 12.6 Å². The quantitative estimate of drug-likeness (QED) is 0.502. The lowest BCUT2D eigenvalue weighted by Crippen LogP contribution is -2.24. The predicted molar refractivity (Wildman–Crippen MR) is 43.7 cm³/mol. The third-order valence-electron chi connectivity index (χ3n) is 1.75. The van der Waals surface area contributed by atoms with Crippen molar-refractivity contribution in [1.29, 1.82) is 0 Å². The van der Waals surface area contributed by atoms with E-state index < -0.39 is 40.0 Å². The normalized spacial score (nSPS) is 11.9. The van der Waals surface area contributed by atoms with Gasteiger partial charge in [0.1, 0.15) is 0 Å². The molecule has 94 valence electrons. The molecule has 10 heteroatoms. The number of H-pyrrole nitrogens is 1. The molecule has 0 bridgehead atoms. The van der Waals surface area contributed by atoms with Crippen LogP contribution in [0.5, 0.6) is 0 Å². The van der Waals surface area contributed by atoms with Gasteiger partial charge in [0.25, 0.3) is 17.7 Å². The van der Waals surface area contributed by atoms with Crippen molar-refractivity contribution in [2.24, 2.45) is 0 Å². The molecule has 0 saturated heterocycles. The molecule has 1 rings (SSSR count). The average molecular weight is 258 g/mol. The first-order chi connectivity index (χ1) is 7.64. The second kappa shape index (κ2) is 4.11. The van der Waals surface area contributed by atoms with E-state index >= 15 is 0 Å². The smallest absolute Gasteiger partial charge is 0.320 e. The topological polar surface area (TPSA) is 76.0 Å². The van der Waals surface area contributed by atoms with Gasteiger partial charge in [0.2, 0.25) is 0 Å². The SMILES string of the molecule is O=c1[nH]c(C(F)F)cc([N+](=O)[O-])c1C(F)(F)F. The highest BCUT2D eigenvalue weighted by Gasteiger charge is 2.42. The van der Waals surface area contributed by atoms with Crippen molar-refractivity contribution in [2.75, 3.05) is 0 Å². The van der Waals surface area contributed by atoms with E-state index in [0.717, 1.165) is 0 Å². The van der Waals surface area contributed by atoms with E-state index in [4.69, 9.17) is 0 Å². The Labute approximate surface area is 89.0 Å². The van der Waals surface area contributed by atoms with Gasteiger partial charge in [0, 0.05) is 6.07 Å². The number of aromatic amines is 1. The summed E-state index contributed by atoms with van der Waals surface area (Å²) < 4.78 is 61.2. The number of alkyl halides is 5. The molecule has 5 nitrogen and oxygen atoms in total. The first kappa shape index (κ1) is 13.1. The summed E-state index contributed by atoms with van der Waals surface area (Å²) in [5, 5.41) is 10.3. The molecule has 0 aliphatic heterocycles. The zero-order valence-electron chi connectivity index (χ0n) is 7.72. The molecule has 0 unspecified atom stereocenters. The number of nitrogens with zero attached hydrogens (tertiary/aromatic N) is 1. The molecule has 0 aromatic carbocycles. The van der Waals surface area contributed by atoms with Gasteiger partial charge < -0.3 is 4.98 Å². The maximum Gasteiger partial charge on any atom is 0.428 e. The van der Waals surface area contributed by atoms with E-state index in [2.05, 4.69) is 0 Å². The van der Waals surface area contributed by atoms with Crippen molar-refractivity contribution >= 4 is 5.69 Å². The standard InChI is InChI=1S/C7H3F5N2O3/c8-5(9)2-1-3(14(16)17)4(6(15)13-2)7(10,11)12/h1,5H,(H,13,15). The van der Waals surface area contributed by atoms with Crippen LogP contribution >= 0.6 is 0 Å². The van der Waals surface area contributed by atoms with Gasteiger partial charge in [-0.2, -0.15) is 13.2 Å². The van der Waals surface area contributed by atoms with Crippen molar-refractivity contribution < 1.29 is 26.9 Å². The molecule has 1 heterocycles. The van der Waals surface area contributed by atoms with Crippen LogP contribution in [-0.4, -0.2) is 9.91 Å². The number of aromatic nitrogens is 1. The Morgan fingerprint density at radius 1 is 1.35 bits per heavy atom. The van der Waals surface area contributed by atoms with Gasteiger partial charge in [-0.25, -0.2) is 8.78 Å². The molecule has 17 heavy (non-hydrogen) atoms. The van der Waals surface area contributed by atoms with Crippen LogP contribution in [0, 0.1) is 10.1 Å². The lowest BCUT2D eigenvalue weighted by atomic mass is 10.2. The molecule has 0 saturated carbocycles. The number of pyridine rings is 1. The zero-order valence-corrected chi connectivity index (χ0v) is 7.72. The molecule has 0 atom stereocenters. The van der Waals surface area contributed by atoms with E-state index in [1.54, 1.807) is 0 Å². The Kier molecular flexibility index (Phi) is 3.16. The van der Waals surface area contributed by atoms with Crippen molar-refractivity contribution in [3.63, 3.8) is 0 Å². The third-order valence-corrected chi connectivity index (χ3v) is 1.75. The molecule has 0 fully saturated rings. The van der Waals surface area contributed by atoms with Crippen LogP contribution in [-0.2, 0) is 6.18 Å². The molecule has 0 spiro atoms. The van der Waals surface area contributed by atoms with E-state index in [9.17, 15) is 36.9 Å². The number of nitro groups is 1. The zero-order chi connectivity index (χ0) is 13.4. The van der Waals surface area contributed by atoms with Gasteiger partial charge in [-0.05, 0) is 0 Å². The first-order valence-corrected chi connectivity index (χ1v) is 3.91. The minimum Gasteiger partial charge on any atom is -0.320 e. The Morgan fingerprint density at radius 3 is 2.24 bits per heavy atom. The van der Waals surface area contributed by atoms with Gasteiger partial charge in [-0.3, -0.25) is 14.9 Å². The summed E-state index contributed by atoms with van der Waals surface area (Å²) in [5.74, 6) is 0. The Hall–Kier alpha value is -2.00. The summed E-state index contributed by atoms with van der Waals surface area (Å²) in [4.78, 5) is 20.9. The number of nitrogens with one attached hydrogen (secondary N) is 1. The molecule has 0 aliphatic carbocycles. The number of rotatable bonds is 2. The van der Waals surface area contributed by atoms with Crippen LogP contribution in [0.1, 0.15) is 17.7 Å². The second-order valence-electron chi connectivity index (χ2n) is 2.87. The van der Waals surface area contributed by atoms with Crippen molar-refractivity contribution in [1.82, 2.24) is 4.98 Å². The summed E-state index contributed by atoms with van der Waals surface area (Å²) in [6, 6.07) is -0.00507. The molecule has 0 amide bonds. The lowest BCUT2D eigenvalue weighted by Gasteiger charge is -2.07. The fraction of sp³-hybridized carbons (Fsp3) is 0.286. The highest BCUT2D eigenvalue weighted by atomic mass is 19.4. The van der Waals surface area contributed by atoms with E-state index in [1.807, 2.05) is 0 Å². The van der Waals surface area contributed by atoms with Crippen LogP contribution in [0.2, 0.25) is 0 Å². The highest BCUT2D eigenvalue weighted by Crippen LogP contribution is 2.34. The second-order valence-corrected chi connectivity index (χ2v) is 2.87. The van der Waals surface area contributed by atoms with Crippen LogP contribution in [0.15, 0.2) is 10.9 Å². The molecule has 1 N–H and O–H groups in total. The van der Waals surface area contributed by atoms with Gasteiger partial charge in [-0.1, -0.05) is 0 Å². The number of halogens is 5. The Bertz CT molecular complexity index is 507. The van der Waals surface area contributed by atoms with E-state index in [-0.39, 0.29) is 6.07 Å². The van der Waals surface area contributed by atoms with Crippen molar-refractivity contribution in [3.8, 4) is 0 Å². The minimum absolute atomic E-state index is 0.00507. The lowest BCUT2D eigenvalue weighted by molar-refractivity contribution is -0.388. The van der Waals surface area contributed by atoms with Gasteiger partial charge in [-0.15, -0.1) is 0 Å². The Morgan fingerprint density at radius 2 is 1.88 bits per heavy atom. The summed E-state index contributed by atoms with van der Waals surface area (Å²) in [5.41, 5.74) is -7.01. The summed E-state index contributed by atoms with van der Waals surface area (Å²) in [6.07, 6.45) is -8.61. The molecular formula is C7H3F5N2O3. The predicted octanol–water partition coefficient (Wildman–Crippen LogP) is 2.24. The van der Waals surface area contributed by atoms with Gasteiger partial charge in [0.15, 0.2) is 5.56 Å². The number of hydrogen-bond donors (Lipinski definition) is 1. The summed E-state index contributed by atoms with van der Waals surface area (Å²) in [6.45, 7) is 0. The van der Waals surface area contributed by atoms with Gasteiger partial charge in [0.05, 0.1) is 10.6 Å². The van der Waals surface area contributed by atoms with Crippen LogP contribution in [0.25, 0.3) is 0 Å². The van der Waals surface area contributed by atoms with Gasteiger partial charge >= 0.3 is 6.18 Å². The maximum absolute atomic E-state index is 12.3. The highest BCUT2D eigenvalue weighted by molar-refractivity contribution is 5.42. The fourth-order valence-corrected chi connectivity index (χ4v) is 1.10. The van der Waals surface area contributed by atoms with Crippen LogP contribution < -0.4 is 5.56 Å². The molecular weight excluding hydrogens is 255 g/mol. The summed E-state index contributed by atoms with van der Waals surface area (Å²) in [7, 11) is 0. The largest absolute Gasteiger partial charge is 0.428 e. The maximum atomic E-state index is 12.3. The first-order valence-electron chi connectivity index (χ1n) is 3.91. The monoisotopic (exact) mass is 258 g/mol. The number of hydrogen-bond acceptors (Lipinski definition) is 3. The average Bonchev–Trinajstić information content (AvgIpc) is 2.13. The van der Waals surface area contributed by atoms with Crippen molar-refractivity contribution in [3.05, 3.63) is 37.8 Å². The molecule has 0 radical (unpaired) electrons.